The van der Waals surface area contributed by atoms with Crippen molar-refractivity contribution in [3.8, 4) is 5.88 Å². The molecular formula is C13H20N2O2. The van der Waals surface area contributed by atoms with Gasteiger partial charge in [0.15, 0.2) is 0 Å². The van der Waals surface area contributed by atoms with Gasteiger partial charge >= 0.3 is 0 Å². The van der Waals surface area contributed by atoms with Gasteiger partial charge in [0, 0.05) is 32.0 Å². The molecule has 1 aromatic rings. The Bertz CT molecular complexity index is 323. The van der Waals surface area contributed by atoms with E-state index >= 15 is 0 Å². The number of hydrogen-bond acceptors (Lipinski definition) is 4. The van der Waals surface area contributed by atoms with E-state index in [-0.39, 0.29) is 0 Å². The molecule has 0 spiro atoms. The maximum atomic E-state index is 5.53. The zero-order valence-corrected chi connectivity index (χ0v) is 10.3. The molecule has 0 atom stereocenters. The lowest BCUT2D eigenvalue weighted by atomic mass is 10.3. The van der Waals surface area contributed by atoms with Gasteiger partial charge in [-0.3, -0.25) is 0 Å². The Balaban J connectivity index is 1.53. The third-order valence-electron chi connectivity index (χ3n) is 2.81. The monoisotopic (exact) mass is 236 g/mol. The lowest BCUT2D eigenvalue weighted by Gasteiger charge is -2.06. The summed E-state index contributed by atoms with van der Waals surface area (Å²) in [6, 6.07) is 3.89. The molecule has 0 amide bonds. The fourth-order valence-electron chi connectivity index (χ4n) is 1.55. The molecule has 0 bridgehead atoms. The summed E-state index contributed by atoms with van der Waals surface area (Å²) < 4.78 is 10.5. The minimum Gasteiger partial charge on any atom is -0.481 e. The molecule has 4 heteroatoms. The lowest BCUT2D eigenvalue weighted by molar-refractivity contribution is 0.126. The fraction of sp³-hybridized carbons (Fsp3) is 0.615. The van der Waals surface area contributed by atoms with Crippen molar-refractivity contribution >= 4 is 0 Å². The first-order chi connectivity index (χ1) is 8.38. The van der Waals surface area contributed by atoms with E-state index in [0.717, 1.165) is 37.8 Å². The number of rotatable bonds is 8. The van der Waals surface area contributed by atoms with E-state index in [1.165, 1.54) is 12.8 Å². The van der Waals surface area contributed by atoms with E-state index < -0.39 is 0 Å². The van der Waals surface area contributed by atoms with Crippen molar-refractivity contribution < 1.29 is 9.47 Å². The van der Waals surface area contributed by atoms with Crippen LogP contribution in [0.2, 0.25) is 0 Å². The predicted octanol–water partition coefficient (Wildman–Crippen LogP) is 1.61. The summed E-state index contributed by atoms with van der Waals surface area (Å²) in [6.45, 7) is 3.44. The summed E-state index contributed by atoms with van der Waals surface area (Å²) in [6.07, 6.45) is 4.53. The number of nitrogens with zero attached hydrogens (tertiary/aromatic N) is 1. The molecule has 1 heterocycles. The molecule has 0 aliphatic heterocycles. The number of aromatic nitrogens is 1. The van der Waals surface area contributed by atoms with E-state index in [4.69, 9.17) is 9.47 Å². The molecule has 1 fully saturated rings. The minimum atomic E-state index is 0.654. The number of pyridine rings is 1. The summed E-state index contributed by atoms with van der Waals surface area (Å²) in [4.78, 5) is 4.15. The van der Waals surface area contributed by atoms with E-state index in [2.05, 4.69) is 10.3 Å². The average molecular weight is 236 g/mol. The number of nitrogens with one attached hydrogen (secondary N) is 1. The summed E-state index contributed by atoms with van der Waals surface area (Å²) in [5.41, 5.74) is 1.16. The van der Waals surface area contributed by atoms with Crippen molar-refractivity contribution in [2.45, 2.75) is 19.4 Å². The zero-order valence-electron chi connectivity index (χ0n) is 10.3. The molecular weight excluding hydrogens is 216 g/mol. The smallest absolute Gasteiger partial charge is 0.212 e. The highest BCUT2D eigenvalue weighted by Crippen LogP contribution is 2.28. The van der Waals surface area contributed by atoms with Crippen LogP contribution in [0.15, 0.2) is 18.3 Å². The first-order valence-electron chi connectivity index (χ1n) is 6.16. The van der Waals surface area contributed by atoms with Gasteiger partial charge in [0.1, 0.15) is 0 Å². The molecule has 4 nitrogen and oxygen atoms in total. The summed E-state index contributed by atoms with van der Waals surface area (Å²) in [5, 5.41) is 3.33. The van der Waals surface area contributed by atoms with Gasteiger partial charge < -0.3 is 14.8 Å². The Morgan fingerprint density at radius 1 is 1.41 bits per heavy atom. The standard InChI is InChI=1S/C13H20N2O2/c1-16-13-5-4-12(9-15-13)8-14-6-7-17-10-11-2-3-11/h4-5,9,11,14H,2-3,6-8,10H2,1H3. The Morgan fingerprint density at radius 2 is 2.29 bits per heavy atom. The fourth-order valence-corrected chi connectivity index (χ4v) is 1.55. The van der Waals surface area contributed by atoms with Crippen LogP contribution in [-0.2, 0) is 11.3 Å². The zero-order chi connectivity index (χ0) is 11.9. The molecule has 0 aromatic carbocycles. The largest absolute Gasteiger partial charge is 0.481 e. The number of hydrogen-bond donors (Lipinski definition) is 1. The summed E-state index contributed by atoms with van der Waals surface area (Å²) >= 11 is 0. The SMILES string of the molecule is COc1ccc(CNCCOCC2CC2)cn1. The van der Waals surface area contributed by atoms with Crippen LogP contribution in [0.25, 0.3) is 0 Å². The average Bonchev–Trinajstić information content (AvgIpc) is 3.18. The van der Waals surface area contributed by atoms with Crippen LogP contribution in [0, 0.1) is 5.92 Å². The van der Waals surface area contributed by atoms with E-state index in [9.17, 15) is 0 Å². The quantitative estimate of drug-likeness (QED) is 0.696. The molecule has 1 saturated carbocycles. The van der Waals surface area contributed by atoms with Crippen LogP contribution in [0.5, 0.6) is 5.88 Å². The van der Waals surface area contributed by atoms with Crippen molar-refractivity contribution in [3.05, 3.63) is 23.9 Å². The van der Waals surface area contributed by atoms with Crippen LogP contribution in [0.1, 0.15) is 18.4 Å². The number of methoxy groups -OCH3 is 1. The van der Waals surface area contributed by atoms with Gasteiger partial charge in [-0.05, 0) is 24.3 Å². The maximum absolute atomic E-state index is 5.53. The Morgan fingerprint density at radius 3 is 2.94 bits per heavy atom. The molecule has 0 saturated heterocycles. The first kappa shape index (κ1) is 12.3. The summed E-state index contributed by atoms with van der Waals surface area (Å²) in [7, 11) is 1.62. The van der Waals surface area contributed by atoms with Gasteiger partial charge in [-0.15, -0.1) is 0 Å². The molecule has 0 radical (unpaired) electrons. The van der Waals surface area contributed by atoms with Gasteiger partial charge in [-0.1, -0.05) is 6.07 Å². The van der Waals surface area contributed by atoms with Crippen molar-refractivity contribution in [3.63, 3.8) is 0 Å². The van der Waals surface area contributed by atoms with Crippen LogP contribution >= 0.6 is 0 Å². The molecule has 1 aromatic heterocycles. The Kier molecular flexibility index (Phi) is 4.76. The second kappa shape index (κ2) is 6.57. The van der Waals surface area contributed by atoms with Gasteiger partial charge in [0.2, 0.25) is 5.88 Å². The summed E-state index contributed by atoms with van der Waals surface area (Å²) in [5.74, 6) is 1.50. The topological polar surface area (TPSA) is 43.4 Å². The highest BCUT2D eigenvalue weighted by molar-refractivity contribution is 5.17. The maximum Gasteiger partial charge on any atom is 0.212 e. The molecule has 0 unspecified atom stereocenters. The molecule has 94 valence electrons. The minimum absolute atomic E-state index is 0.654. The van der Waals surface area contributed by atoms with Crippen LogP contribution in [-0.4, -0.2) is 31.9 Å². The second-order valence-corrected chi connectivity index (χ2v) is 4.40. The highest BCUT2D eigenvalue weighted by Gasteiger charge is 2.20. The number of ether oxygens (including phenoxy) is 2. The van der Waals surface area contributed by atoms with Crippen molar-refractivity contribution in [1.82, 2.24) is 10.3 Å². The molecule has 17 heavy (non-hydrogen) atoms. The molecule has 2 rings (SSSR count). The molecule has 1 aliphatic rings. The van der Waals surface area contributed by atoms with Gasteiger partial charge in [0.05, 0.1) is 13.7 Å². The molecule has 1 aliphatic carbocycles. The third-order valence-corrected chi connectivity index (χ3v) is 2.81. The van der Waals surface area contributed by atoms with Gasteiger partial charge in [-0.2, -0.15) is 0 Å². The normalized spacial score (nSPS) is 14.9. The molecule has 1 N–H and O–H groups in total. The first-order valence-corrected chi connectivity index (χ1v) is 6.16. The van der Waals surface area contributed by atoms with Crippen molar-refractivity contribution in [1.29, 1.82) is 0 Å². The highest BCUT2D eigenvalue weighted by atomic mass is 16.5. The van der Waals surface area contributed by atoms with E-state index in [1.54, 1.807) is 7.11 Å². The van der Waals surface area contributed by atoms with E-state index in [0.29, 0.717) is 5.88 Å². The third kappa shape index (κ3) is 4.71. The second-order valence-electron chi connectivity index (χ2n) is 4.40. The van der Waals surface area contributed by atoms with Crippen LogP contribution in [0.3, 0.4) is 0 Å². The lowest BCUT2D eigenvalue weighted by Crippen LogP contribution is -2.19. The van der Waals surface area contributed by atoms with Crippen molar-refractivity contribution in [2.75, 3.05) is 26.9 Å². The predicted molar refractivity (Wildman–Crippen MR) is 66.0 cm³/mol. The van der Waals surface area contributed by atoms with Crippen LogP contribution < -0.4 is 10.1 Å². The Labute approximate surface area is 102 Å². The van der Waals surface area contributed by atoms with Crippen LogP contribution in [0.4, 0.5) is 0 Å². The van der Waals surface area contributed by atoms with E-state index in [1.807, 2.05) is 18.3 Å². The van der Waals surface area contributed by atoms with Gasteiger partial charge in [0.25, 0.3) is 0 Å². The Hall–Kier alpha value is -1.13. The van der Waals surface area contributed by atoms with Crippen molar-refractivity contribution in [2.24, 2.45) is 5.92 Å². The van der Waals surface area contributed by atoms with Gasteiger partial charge in [-0.25, -0.2) is 4.98 Å².